The molecule has 0 saturated heterocycles. The van der Waals surface area contributed by atoms with E-state index < -0.39 is 12.5 Å². The molecule has 3 N–H and O–H groups in total. The molecule has 0 aromatic heterocycles. The van der Waals surface area contributed by atoms with Crippen molar-refractivity contribution in [1.82, 2.24) is 0 Å². The summed E-state index contributed by atoms with van der Waals surface area (Å²) in [6.45, 7) is 2.19. The third kappa shape index (κ3) is 4.59. The molecular formula is C13H18N2O4. The van der Waals surface area contributed by atoms with Crippen LogP contribution in [0.4, 0.5) is 11.4 Å². The molecule has 6 nitrogen and oxygen atoms in total. The molecular weight excluding hydrogens is 248 g/mol. The third-order valence-corrected chi connectivity index (χ3v) is 2.49. The monoisotopic (exact) mass is 266 g/mol. The van der Waals surface area contributed by atoms with E-state index in [1.165, 1.54) is 0 Å². The number of benzene rings is 1. The summed E-state index contributed by atoms with van der Waals surface area (Å²) >= 11 is 0. The molecule has 0 aliphatic heterocycles. The number of nitrogens with zero attached hydrogens (tertiary/aromatic N) is 1. The number of nitrogens with two attached hydrogens (primary N) is 1. The van der Waals surface area contributed by atoms with Gasteiger partial charge in [0, 0.05) is 6.61 Å². The summed E-state index contributed by atoms with van der Waals surface area (Å²) in [5.41, 5.74) is 6.55. The normalized spacial score (nSPS) is 10.2. The Balaban J connectivity index is 2.86. The average Bonchev–Trinajstić information content (AvgIpc) is 2.37. The molecule has 0 fully saturated rings. The van der Waals surface area contributed by atoms with Crippen LogP contribution < -0.4 is 10.6 Å². The van der Waals surface area contributed by atoms with Crippen molar-refractivity contribution in [3.8, 4) is 0 Å². The molecule has 0 spiro atoms. The molecule has 0 atom stereocenters. The van der Waals surface area contributed by atoms with E-state index in [1.54, 1.807) is 24.3 Å². The SMILES string of the molecule is CCOCCC(=O)N(CC(=O)O)c1ccccc1N. The topological polar surface area (TPSA) is 92.9 Å². The van der Waals surface area contributed by atoms with E-state index in [1.807, 2.05) is 6.92 Å². The first-order valence-electron chi connectivity index (χ1n) is 6.00. The van der Waals surface area contributed by atoms with Gasteiger partial charge in [0.15, 0.2) is 0 Å². The van der Waals surface area contributed by atoms with Crippen LogP contribution in [0.25, 0.3) is 0 Å². The highest BCUT2D eigenvalue weighted by Crippen LogP contribution is 2.22. The summed E-state index contributed by atoms with van der Waals surface area (Å²) in [5, 5.41) is 8.89. The zero-order chi connectivity index (χ0) is 14.3. The highest BCUT2D eigenvalue weighted by Gasteiger charge is 2.20. The summed E-state index contributed by atoms with van der Waals surface area (Å²) in [7, 11) is 0. The Hall–Kier alpha value is -2.08. The Morgan fingerprint density at radius 1 is 1.37 bits per heavy atom. The van der Waals surface area contributed by atoms with Crippen molar-refractivity contribution < 1.29 is 19.4 Å². The van der Waals surface area contributed by atoms with Gasteiger partial charge < -0.3 is 15.6 Å². The zero-order valence-corrected chi connectivity index (χ0v) is 10.8. The van der Waals surface area contributed by atoms with E-state index in [4.69, 9.17) is 15.6 Å². The largest absolute Gasteiger partial charge is 0.480 e. The molecule has 19 heavy (non-hydrogen) atoms. The standard InChI is InChI=1S/C13H18N2O4/c1-2-19-8-7-12(16)15(9-13(17)18)11-6-4-3-5-10(11)14/h3-6H,2,7-9,14H2,1H3,(H,17,18). The second-order valence-electron chi connectivity index (χ2n) is 3.88. The molecule has 0 heterocycles. The highest BCUT2D eigenvalue weighted by atomic mass is 16.5. The van der Waals surface area contributed by atoms with Gasteiger partial charge in [-0.15, -0.1) is 0 Å². The van der Waals surface area contributed by atoms with Gasteiger partial charge in [0.05, 0.1) is 24.4 Å². The number of carbonyl (C=O) groups is 2. The number of amides is 1. The van der Waals surface area contributed by atoms with Crippen molar-refractivity contribution in [2.45, 2.75) is 13.3 Å². The Kier molecular flexibility index (Phi) is 5.81. The first-order chi connectivity index (χ1) is 9.06. The number of anilines is 2. The molecule has 0 aliphatic carbocycles. The van der Waals surface area contributed by atoms with Gasteiger partial charge in [-0.3, -0.25) is 14.5 Å². The predicted molar refractivity (Wildman–Crippen MR) is 72.0 cm³/mol. The van der Waals surface area contributed by atoms with E-state index >= 15 is 0 Å². The quantitative estimate of drug-likeness (QED) is 0.569. The number of nitrogen functional groups attached to an aromatic ring is 1. The molecule has 1 aromatic rings. The van der Waals surface area contributed by atoms with Crippen LogP contribution in [0.5, 0.6) is 0 Å². The summed E-state index contributed by atoms with van der Waals surface area (Å²) < 4.78 is 5.10. The van der Waals surface area contributed by atoms with Crippen molar-refractivity contribution in [1.29, 1.82) is 0 Å². The van der Waals surface area contributed by atoms with Crippen molar-refractivity contribution in [3.05, 3.63) is 24.3 Å². The minimum absolute atomic E-state index is 0.120. The maximum Gasteiger partial charge on any atom is 0.323 e. The van der Waals surface area contributed by atoms with E-state index in [-0.39, 0.29) is 18.9 Å². The molecule has 1 aromatic carbocycles. The van der Waals surface area contributed by atoms with Crippen LogP contribution in [0.2, 0.25) is 0 Å². The zero-order valence-electron chi connectivity index (χ0n) is 10.8. The van der Waals surface area contributed by atoms with Gasteiger partial charge in [0.2, 0.25) is 5.91 Å². The van der Waals surface area contributed by atoms with Gasteiger partial charge in [0.25, 0.3) is 0 Å². The maximum atomic E-state index is 12.0. The van der Waals surface area contributed by atoms with Crippen LogP contribution in [-0.4, -0.2) is 36.7 Å². The van der Waals surface area contributed by atoms with E-state index in [0.717, 1.165) is 4.90 Å². The average molecular weight is 266 g/mol. The Morgan fingerprint density at radius 2 is 2.05 bits per heavy atom. The Bertz CT molecular complexity index is 448. The van der Waals surface area contributed by atoms with Gasteiger partial charge in [-0.1, -0.05) is 12.1 Å². The fraction of sp³-hybridized carbons (Fsp3) is 0.385. The van der Waals surface area contributed by atoms with Gasteiger partial charge >= 0.3 is 5.97 Å². The smallest absolute Gasteiger partial charge is 0.323 e. The van der Waals surface area contributed by atoms with Gasteiger partial charge in [-0.05, 0) is 19.1 Å². The number of carboxylic acid groups (broad SMARTS) is 1. The van der Waals surface area contributed by atoms with E-state index in [0.29, 0.717) is 18.0 Å². The lowest BCUT2D eigenvalue weighted by atomic mass is 10.2. The van der Waals surface area contributed by atoms with Crippen LogP contribution in [-0.2, 0) is 14.3 Å². The summed E-state index contributed by atoms with van der Waals surface area (Å²) in [5.74, 6) is -1.42. The molecule has 0 aliphatic rings. The fourth-order valence-corrected chi connectivity index (χ4v) is 1.62. The number of hydrogen-bond donors (Lipinski definition) is 2. The van der Waals surface area contributed by atoms with Crippen LogP contribution in [0.15, 0.2) is 24.3 Å². The number of aliphatic carboxylic acids is 1. The lowest BCUT2D eigenvalue weighted by molar-refractivity contribution is -0.136. The van der Waals surface area contributed by atoms with Crippen molar-refractivity contribution in [3.63, 3.8) is 0 Å². The van der Waals surface area contributed by atoms with Crippen molar-refractivity contribution in [2.24, 2.45) is 0 Å². The summed E-state index contributed by atoms with van der Waals surface area (Å²) in [4.78, 5) is 24.1. The minimum atomic E-state index is -1.09. The van der Waals surface area contributed by atoms with Crippen LogP contribution in [0.1, 0.15) is 13.3 Å². The first-order valence-corrected chi connectivity index (χ1v) is 6.00. The van der Waals surface area contributed by atoms with Crippen molar-refractivity contribution in [2.75, 3.05) is 30.4 Å². The number of carboxylic acids is 1. The molecule has 0 unspecified atom stereocenters. The van der Waals surface area contributed by atoms with E-state index in [2.05, 4.69) is 0 Å². The predicted octanol–water partition coefficient (Wildman–Crippen LogP) is 1.11. The van der Waals surface area contributed by atoms with Crippen molar-refractivity contribution >= 4 is 23.3 Å². The first kappa shape index (κ1) is 15.0. The number of carbonyl (C=O) groups excluding carboxylic acids is 1. The molecule has 6 heteroatoms. The second kappa shape index (κ2) is 7.38. The van der Waals surface area contributed by atoms with Crippen LogP contribution in [0.3, 0.4) is 0 Å². The number of hydrogen-bond acceptors (Lipinski definition) is 4. The summed E-state index contributed by atoms with van der Waals surface area (Å²) in [6, 6.07) is 6.68. The third-order valence-electron chi connectivity index (χ3n) is 2.49. The number of rotatable bonds is 7. The molecule has 0 saturated carbocycles. The maximum absolute atomic E-state index is 12.0. The highest BCUT2D eigenvalue weighted by molar-refractivity contribution is 5.99. The minimum Gasteiger partial charge on any atom is -0.480 e. The number of para-hydroxylation sites is 2. The Morgan fingerprint density at radius 3 is 2.63 bits per heavy atom. The molecule has 1 amide bonds. The van der Waals surface area contributed by atoms with Crippen LogP contribution in [0, 0.1) is 0 Å². The molecule has 1 rings (SSSR count). The molecule has 0 radical (unpaired) electrons. The lowest BCUT2D eigenvalue weighted by Gasteiger charge is -2.22. The molecule has 104 valence electrons. The second-order valence-corrected chi connectivity index (χ2v) is 3.88. The van der Waals surface area contributed by atoms with E-state index in [9.17, 15) is 9.59 Å². The van der Waals surface area contributed by atoms with Crippen LogP contribution >= 0.6 is 0 Å². The van der Waals surface area contributed by atoms with Gasteiger partial charge in [-0.2, -0.15) is 0 Å². The summed E-state index contributed by atoms with van der Waals surface area (Å²) in [6.07, 6.45) is 0.120. The Labute approximate surface area is 111 Å². The molecule has 0 bridgehead atoms. The lowest BCUT2D eigenvalue weighted by Crippen LogP contribution is -2.36. The fourth-order valence-electron chi connectivity index (χ4n) is 1.62. The van der Waals surface area contributed by atoms with Gasteiger partial charge in [0.1, 0.15) is 6.54 Å². The number of ether oxygens (including phenoxy) is 1. The van der Waals surface area contributed by atoms with Gasteiger partial charge in [-0.25, -0.2) is 0 Å².